The van der Waals surface area contributed by atoms with E-state index in [-0.39, 0.29) is 0 Å². The first-order valence-electron chi connectivity index (χ1n) is 5.73. The quantitative estimate of drug-likeness (QED) is 0.638. The van der Waals surface area contributed by atoms with Crippen LogP contribution < -0.4 is 5.73 Å². The van der Waals surface area contributed by atoms with Crippen LogP contribution in [-0.4, -0.2) is 17.3 Å². The fraction of sp³-hybridized carbons (Fsp3) is 0.462. The Bertz CT molecular complexity index is 441. The SMILES string of the molecule is CSc1cc(CC2(C(=O)O)CCC2)ccc1N. The van der Waals surface area contributed by atoms with Crippen molar-refractivity contribution in [2.45, 2.75) is 30.6 Å². The van der Waals surface area contributed by atoms with Crippen molar-refractivity contribution in [3.8, 4) is 0 Å². The molecule has 0 aliphatic heterocycles. The van der Waals surface area contributed by atoms with E-state index in [0.717, 1.165) is 35.4 Å². The molecular weight excluding hydrogens is 234 g/mol. The predicted molar refractivity (Wildman–Crippen MR) is 70.3 cm³/mol. The highest BCUT2D eigenvalue weighted by atomic mass is 32.2. The van der Waals surface area contributed by atoms with Crippen molar-refractivity contribution in [2.75, 3.05) is 12.0 Å². The number of carbonyl (C=O) groups is 1. The topological polar surface area (TPSA) is 63.3 Å². The fourth-order valence-corrected chi connectivity index (χ4v) is 2.90. The van der Waals surface area contributed by atoms with Crippen molar-refractivity contribution in [3.63, 3.8) is 0 Å². The van der Waals surface area contributed by atoms with Gasteiger partial charge in [0.05, 0.1) is 5.41 Å². The highest BCUT2D eigenvalue weighted by Gasteiger charge is 2.44. The molecule has 0 bridgehead atoms. The summed E-state index contributed by atoms with van der Waals surface area (Å²) in [6.45, 7) is 0. The highest BCUT2D eigenvalue weighted by molar-refractivity contribution is 7.98. The Balaban J connectivity index is 2.21. The maximum atomic E-state index is 11.3. The van der Waals surface area contributed by atoms with Crippen LogP contribution in [0, 0.1) is 5.41 Å². The van der Waals surface area contributed by atoms with Crippen molar-refractivity contribution in [1.29, 1.82) is 0 Å². The molecule has 1 saturated carbocycles. The first-order valence-corrected chi connectivity index (χ1v) is 6.96. The number of anilines is 1. The summed E-state index contributed by atoms with van der Waals surface area (Å²) in [4.78, 5) is 12.3. The Morgan fingerprint density at radius 3 is 2.71 bits per heavy atom. The van der Waals surface area contributed by atoms with Gasteiger partial charge in [-0.05, 0) is 43.2 Å². The molecule has 3 nitrogen and oxygen atoms in total. The molecule has 1 aromatic carbocycles. The van der Waals surface area contributed by atoms with E-state index in [2.05, 4.69) is 0 Å². The van der Waals surface area contributed by atoms with Crippen molar-refractivity contribution in [3.05, 3.63) is 23.8 Å². The van der Waals surface area contributed by atoms with E-state index in [4.69, 9.17) is 5.73 Å². The second kappa shape index (κ2) is 4.61. The molecule has 0 aromatic heterocycles. The number of nitrogens with two attached hydrogens (primary N) is 1. The van der Waals surface area contributed by atoms with Crippen molar-refractivity contribution in [1.82, 2.24) is 0 Å². The largest absolute Gasteiger partial charge is 0.481 e. The van der Waals surface area contributed by atoms with E-state index in [1.54, 1.807) is 11.8 Å². The van der Waals surface area contributed by atoms with E-state index >= 15 is 0 Å². The Kier molecular flexibility index (Phi) is 3.33. The van der Waals surface area contributed by atoms with Gasteiger partial charge < -0.3 is 10.8 Å². The minimum absolute atomic E-state index is 0.522. The molecule has 0 heterocycles. The number of hydrogen-bond acceptors (Lipinski definition) is 3. The molecule has 4 heteroatoms. The number of carboxylic acids is 1. The summed E-state index contributed by atoms with van der Waals surface area (Å²) in [5.74, 6) is -0.661. The van der Waals surface area contributed by atoms with Crippen molar-refractivity contribution in [2.24, 2.45) is 5.41 Å². The molecule has 92 valence electrons. The molecule has 0 radical (unpaired) electrons. The summed E-state index contributed by atoms with van der Waals surface area (Å²) in [6.07, 6.45) is 5.21. The van der Waals surface area contributed by atoms with E-state index in [9.17, 15) is 9.90 Å². The van der Waals surface area contributed by atoms with E-state index in [1.807, 2.05) is 24.5 Å². The molecule has 2 rings (SSSR count). The number of benzene rings is 1. The van der Waals surface area contributed by atoms with Crippen molar-refractivity contribution >= 4 is 23.4 Å². The van der Waals surface area contributed by atoms with E-state index < -0.39 is 11.4 Å². The lowest BCUT2D eigenvalue weighted by Crippen LogP contribution is -2.39. The first kappa shape index (κ1) is 12.3. The molecule has 0 atom stereocenters. The standard InChI is InChI=1S/C13H17NO2S/c1-17-11-7-9(3-4-10(11)14)8-13(12(15)16)5-2-6-13/h3-4,7H,2,5-6,8,14H2,1H3,(H,15,16). The van der Waals surface area contributed by atoms with E-state index in [1.165, 1.54) is 0 Å². The number of aliphatic carboxylic acids is 1. The summed E-state index contributed by atoms with van der Waals surface area (Å²) in [7, 11) is 0. The van der Waals surface area contributed by atoms with Crippen LogP contribution in [0.1, 0.15) is 24.8 Å². The van der Waals surface area contributed by atoms with Crippen molar-refractivity contribution < 1.29 is 9.90 Å². The van der Waals surface area contributed by atoms with Crippen LogP contribution in [0.25, 0.3) is 0 Å². The summed E-state index contributed by atoms with van der Waals surface area (Å²) in [5.41, 5.74) is 7.15. The number of thioether (sulfide) groups is 1. The average Bonchev–Trinajstić information content (AvgIpc) is 2.25. The molecule has 0 spiro atoms. The van der Waals surface area contributed by atoms with Gasteiger partial charge in [0.15, 0.2) is 0 Å². The normalized spacial score (nSPS) is 17.5. The Morgan fingerprint density at radius 2 is 2.24 bits per heavy atom. The van der Waals surface area contributed by atoms with Gasteiger partial charge in [0.25, 0.3) is 0 Å². The lowest BCUT2D eigenvalue weighted by atomic mass is 9.65. The molecule has 1 aliphatic rings. The summed E-state index contributed by atoms with van der Waals surface area (Å²) in [5, 5.41) is 9.30. The van der Waals surface area contributed by atoms with E-state index in [0.29, 0.717) is 6.42 Å². The zero-order valence-corrected chi connectivity index (χ0v) is 10.7. The van der Waals surface area contributed by atoms with Crippen LogP contribution in [0.4, 0.5) is 5.69 Å². The molecule has 1 aliphatic carbocycles. The Labute approximate surface area is 105 Å². The van der Waals surface area contributed by atoms with Gasteiger partial charge >= 0.3 is 5.97 Å². The number of carboxylic acid groups (broad SMARTS) is 1. The lowest BCUT2D eigenvalue weighted by molar-refractivity contribution is -0.154. The third-order valence-corrected chi connectivity index (χ3v) is 4.40. The Morgan fingerprint density at radius 1 is 1.53 bits per heavy atom. The van der Waals surface area contributed by atoms with Crippen LogP contribution in [0.2, 0.25) is 0 Å². The maximum absolute atomic E-state index is 11.3. The number of nitrogen functional groups attached to an aromatic ring is 1. The predicted octanol–water partition coefficient (Wildman–Crippen LogP) is 2.79. The lowest BCUT2D eigenvalue weighted by Gasteiger charge is -2.37. The van der Waals surface area contributed by atoms with Gasteiger partial charge in [-0.25, -0.2) is 0 Å². The zero-order valence-electron chi connectivity index (χ0n) is 9.90. The van der Waals surface area contributed by atoms with Crippen LogP contribution >= 0.6 is 11.8 Å². The second-order valence-electron chi connectivity index (χ2n) is 4.69. The fourth-order valence-electron chi connectivity index (χ4n) is 2.33. The molecule has 0 saturated heterocycles. The highest BCUT2D eigenvalue weighted by Crippen LogP contribution is 2.44. The smallest absolute Gasteiger partial charge is 0.309 e. The van der Waals surface area contributed by atoms with Gasteiger partial charge in [-0.2, -0.15) is 0 Å². The van der Waals surface area contributed by atoms with Crippen LogP contribution in [-0.2, 0) is 11.2 Å². The summed E-state index contributed by atoms with van der Waals surface area (Å²) in [6, 6.07) is 5.83. The molecular formula is C13H17NO2S. The number of hydrogen-bond donors (Lipinski definition) is 2. The maximum Gasteiger partial charge on any atom is 0.309 e. The molecule has 1 fully saturated rings. The van der Waals surface area contributed by atoms with Crippen LogP contribution in [0.5, 0.6) is 0 Å². The second-order valence-corrected chi connectivity index (χ2v) is 5.54. The monoisotopic (exact) mass is 251 g/mol. The molecule has 17 heavy (non-hydrogen) atoms. The van der Waals surface area contributed by atoms with Gasteiger partial charge in [0.1, 0.15) is 0 Å². The third-order valence-electron chi connectivity index (χ3n) is 3.60. The van der Waals surface area contributed by atoms with Gasteiger partial charge in [-0.15, -0.1) is 11.8 Å². The zero-order chi connectivity index (χ0) is 12.5. The molecule has 1 aromatic rings. The first-order chi connectivity index (χ1) is 8.07. The Hall–Kier alpha value is -1.16. The summed E-state index contributed by atoms with van der Waals surface area (Å²) < 4.78 is 0. The van der Waals surface area contributed by atoms with Gasteiger partial charge in [0, 0.05) is 10.6 Å². The third kappa shape index (κ3) is 2.27. The minimum Gasteiger partial charge on any atom is -0.481 e. The van der Waals surface area contributed by atoms with Crippen LogP contribution in [0.15, 0.2) is 23.1 Å². The molecule has 0 unspecified atom stereocenters. The van der Waals surface area contributed by atoms with Crippen LogP contribution in [0.3, 0.4) is 0 Å². The number of rotatable bonds is 4. The van der Waals surface area contributed by atoms with Gasteiger partial charge in [-0.3, -0.25) is 4.79 Å². The summed E-state index contributed by atoms with van der Waals surface area (Å²) >= 11 is 1.60. The minimum atomic E-state index is -0.661. The molecule has 0 amide bonds. The average molecular weight is 251 g/mol. The van der Waals surface area contributed by atoms with Gasteiger partial charge in [0.2, 0.25) is 0 Å². The molecule has 3 N–H and O–H groups in total. The van der Waals surface area contributed by atoms with Gasteiger partial charge in [-0.1, -0.05) is 12.5 Å².